The second-order valence-corrected chi connectivity index (χ2v) is 6.91. The topological polar surface area (TPSA) is 97.0 Å². The maximum absolute atomic E-state index is 12.3. The molecule has 1 aromatic heterocycles. The van der Waals surface area contributed by atoms with Crippen LogP contribution in [0.25, 0.3) is 16.7 Å². The molecule has 23 heavy (non-hydrogen) atoms. The molecule has 1 heterocycles. The van der Waals surface area contributed by atoms with Crippen LogP contribution in [-0.4, -0.2) is 30.2 Å². The molecule has 6 nitrogen and oxygen atoms in total. The number of Topliss-reactive ketones (excluding diaryl/α,β-unsaturated/α-hetero) is 1. The van der Waals surface area contributed by atoms with Gasteiger partial charge in [-0.05, 0) is 5.56 Å². The van der Waals surface area contributed by atoms with Crippen molar-refractivity contribution in [3.05, 3.63) is 53.9 Å². The molecule has 0 amide bonds. The zero-order chi connectivity index (χ0) is 16.8. The lowest BCUT2D eigenvalue weighted by molar-refractivity contribution is -0.110. The first-order valence-electron chi connectivity index (χ1n) is 6.56. The van der Waals surface area contributed by atoms with Crippen molar-refractivity contribution in [1.82, 2.24) is 3.97 Å². The number of carbonyl (C=O) groups is 2. The van der Waals surface area contributed by atoms with Crippen molar-refractivity contribution < 1.29 is 18.0 Å². The molecule has 114 valence electrons. The van der Waals surface area contributed by atoms with Gasteiger partial charge in [0.25, 0.3) is 0 Å². The Morgan fingerprint density at radius 3 is 2.35 bits per heavy atom. The highest BCUT2D eigenvalue weighted by molar-refractivity contribution is 7.89. The summed E-state index contributed by atoms with van der Waals surface area (Å²) in [6.07, 6.45) is 3.12. The fourth-order valence-corrected chi connectivity index (χ4v) is 3.36. The molecule has 0 unspecified atom stereocenters. The zero-order valence-corrected chi connectivity index (χ0v) is 12.8. The first-order valence-corrected chi connectivity index (χ1v) is 8.41. The van der Waals surface area contributed by atoms with Crippen molar-refractivity contribution in [2.24, 2.45) is 0 Å². The number of aromatic nitrogens is 1. The molecule has 0 spiro atoms. The third-order valence-corrected chi connectivity index (χ3v) is 4.52. The number of nitrogens with zero attached hydrogens (tertiary/aromatic N) is 2. The second-order valence-electron chi connectivity index (χ2n) is 5.05. The molecule has 1 aliphatic rings. The van der Waals surface area contributed by atoms with Crippen molar-refractivity contribution in [2.45, 2.75) is 0 Å². The Balaban J connectivity index is 2.46. The molecule has 0 atom stereocenters. The maximum Gasteiger partial charge on any atom is 0.236 e. The van der Waals surface area contributed by atoms with E-state index in [1.807, 2.05) is 0 Å². The minimum Gasteiger partial charge on any atom is -0.286 e. The Kier molecular flexibility index (Phi) is 3.27. The van der Waals surface area contributed by atoms with E-state index in [2.05, 4.69) is 0 Å². The molecule has 1 aromatic carbocycles. The first kappa shape index (κ1) is 14.9. The SMILES string of the molecule is CS(=O)(=O)n1cc(-c2ccccc2)c2c1C(C#N)=CC(=O)C2=O. The molecule has 2 aromatic rings. The summed E-state index contributed by atoms with van der Waals surface area (Å²) in [7, 11) is -3.75. The van der Waals surface area contributed by atoms with E-state index in [1.54, 1.807) is 36.4 Å². The van der Waals surface area contributed by atoms with E-state index >= 15 is 0 Å². The normalized spacial score (nSPS) is 14.2. The van der Waals surface area contributed by atoms with Gasteiger partial charge in [0.1, 0.15) is 6.07 Å². The molecule has 0 saturated heterocycles. The largest absolute Gasteiger partial charge is 0.286 e. The molecular formula is C16H10N2O4S. The van der Waals surface area contributed by atoms with Gasteiger partial charge in [0, 0.05) is 17.8 Å². The summed E-state index contributed by atoms with van der Waals surface area (Å²) in [6.45, 7) is 0. The van der Waals surface area contributed by atoms with Crippen LogP contribution in [0, 0.1) is 11.3 Å². The quantitative estimate of drug-likeness (QED) is 0.781. The number of ketones is 2. The van der Waals surface area contributed by atoms with E-state index in [-0.39, 0.29) is 16.8 Å². The van der Waals surface area contributed by atoms with E-state index in [4.69, 9.17) is 0 Å². The van der Waals surface area contributed by atoms with E-state index in [9.17, 15) is 23.3 Å². The predicted molar refractivity (Wildman–Crippen MR) is 83.0 cm³/mol. The number of benzene rings is 1. The lowest BCUT2D eigenvalue weighted by Crippen LogP contribution is -2.21. The van der Waals surface area contributed by atoms with Crippen molar-refractivity contribution in [3.63, 3.8) is 0 Å². The number of carbonyl (C=O) groups excluding carboxylic acids is 2. The molecule has 0 radical (unpaired) electrons. The van der Waals surface area contributed by atoms with Crippen LogP contribution in [0.1, 0.15) is 16.1 Å². The van der Waals surface area contributed by atoms with Crippen LogP contribution in [0.15, 0.2) is 42.6 Å². The molecular weight excluding hydrogens is 316 g/mol. The average molecular weight is 326 g/mol. The van der Waals surface area contributed by atoms with E-state index in [0.717, 1.165) is 16.3 Å². The Bertz CT molecular complexity index is 1020. The van der Waals surface area contributed by atoms with E-state index in [1.165, 1.54) is 6.20 Å². The number of rotatable bonds is 2. The van der Waals surface area contributed by atoms with Gasteiger partial charge in [-0.1, -0.05) is 30.3 Å². The third-order valence-electron chi connectivity index (χ3n) is 3.52. The average Bonchev–Trinajstić information content (AvgIpc) is 2.92. The van der Waals surface area contributed by atoms with Gasteiger partial charge in [-0.2, -0.15) is 5.26 Å². The summed E-state index contributed by atoms with van der Waals surface area (Å²) < 4.78 is 24.9. The molecule has 3 rings (SSSR count). The summed E-state index contributed by atoms with van der Waals surface area (Å²) in [4.78, 5) is 24.1. The van der Waals surface area contributed by atoms with Gasteiger partial charge in [-0.3, -0.25) is 9.59 Å². The lowest BCUT2D eigenvalue weighted by Gasteiger charge is -2.11. The number of fused-ring (bicyclic) bond motifs is 1. The summed E-state index contributed by atoms with van der Waals surface area (Å²) >= 11 is 0. The molecule has 7 heteroatoms. The Hall–Kier alpha value is -2.98. The summed E-state index contributed by atoms with van der Waals surface area (Å²) in [5, 5.41) is 9.22. The minimum atomic E-state index is -3.75. The van der Waals surface area contributed by atoms with Crippen molar-refractivity contribution in [3.8, 4) is 17.2 Å². The van der Waals surface area contributed by atoms with Gasteiger partial charge in [-0.25, -0.2) is 12.4 Å². The monoisotopic (exact) mass is 326 g/mol. The first-order chi connectivity index (χ1) is 10.8. The molecule has 1 aliphatic carbocycles. The van der Waals surface area contributed by atoms with Gasteiger partial charge in [-0.15, -0.1) is 0 Å². The Labute approximate surface area is 132 Å². The standard InChI is InChI=1S/C16H10N2O4S/c1-23(21,22)18-9-12(10-5-3-2-4-6-10)14-15(18)11(8-17)7-13(19)16(14)20/h2-7,9H,1H3. The van der Waals surface area contributed by atoms with Crippen LogP contribution in [-0.2, 0) is 14.8 Å². The van der Waals surface area contributed by atoms with E-state index in [0.29, 0.717) is 11.1 Å². The molecule has 0 aliphatic heterocycles. The molecule has 0 saturated carbocycles. The molecule has 0 N–H and O–H groups in total. The number of allylic oxidation sites excluding steroid dienone is 2. The number of hydrogen-bond acceptors (Lipinski definition) is 5. The number of nitriles is 1. The summed E-state index contributed by atoms with van der Waals surface area (Å²) in [5.41, 5.74) is 0.651. The maximum atomic E-state index is 12.3. The van der Waals surface area contributed by atoms with Crippen LogP contribution < -0.4 is 0 Å². The smallest absolute Gasteiger partial charge is 0.236 e. The van der Waals surface area contributed by atoms with Crippen LogP contribution in [0.5, 0.6) is 0 Å². The summed E-state index contributed by atoms with van der Waals surface area (Å²) in [5.74, 6) is -1.65. The van der Waals surface area contributed by atoms with Gasteiger partial charge in [0.2, 0.25) is 21.6 Å². The van der Waals surface area contributed by atoms with Gasteiger partial charge in [0.15, 0.2) is 0 Å². The van der Waals surface area contributed by atoms with Crippen LogP contribution in [0.4, 0.5) is 0 Å². The Morgan fingerprint density at radius 2 is 1.78 bits per heavy atom. The molecule has 0 bridgehead atoms. The predicted octanol–water partition coefficient (Wildman–Crippen LogP) is 1.64. The van der Waals surface area contributed by atoms with Crippen molar-refractivity contribution in [2.75, 3.05) is 6.26 Å². The van der Waals surface area contributed by atoms with Gasteiger partial charge in [0.05, 0.1) is 23.1 Å². The molecule has 0 fully saturated rings. The highest BCUT2D eigenvalue weighted by Gasteiger charge is 2.34. The van der Waals surface area contributed by atoms with Gasteiger partial charge >= 0.3 is 0 Å². The highest BCUT2D eigenvalue weighted by Crippen LogP contribution is 2.35. The fourth-order valence-electron chi connectivity index (χ4n) is 2.54. The highest BCUT2D eigenvalue weighted by atomic mass is 32.2. The second kappa shape index (κ2) is 5.04. The fraction of sp³-hybridized carbons (Fsp3) is 0.0625. The van der Waals surface area contributed by atoms with E-state index < -0.39 is 21.6 Å². The third kappa shape index (κ3) is 2.29. The van der Waals surface area contributed by atoms with Crippen LogP contribution in [0.2, 0.25) is 0 Å². The lowest BCUT2D eigenvalue weighted by atomic mass is 9.91. The van der Waals surface area contributed by atoms with Crippen molar-refractivity contribution >= 4 is 27.2 Å². The van der Waals surface area contributed by atoms with Crippen LogP contribution >= 0.6 is 0 Å². The van der Waals surface area contributed by atoms with Gasteiger partial charge < -0.3 is 0 Å². The minimum absolute atomic E-state index is 0.0503. The van der Waals surface area contributed by atoms with Crippen LogP contribution in [0.3, 0.4) is 0 Å². The summed E-state index contributed by atoms with van der Waals surface area (Å²) in [6, 6.07) is 10.4. The zero-order valence-electron chi connectivity index (χ0n) is 12.0. The van der Waals surface area contributed by atoms with Crippen molar-refractivity contribution in [1.29, 1.82) is 5.26 Å². The number of hydrogen-bond donors (Lipinski definition) is 0. The Morgan fingerprint density at radius 1 is 1.13 bits per heavy atom.